The lowest BCUT2D eigenvalue weighted by Crippen LogP contribution is -2.27. The Labute approximate surface area is 87.5 Å². The molecule has 0 radical (unpaired) electrons. The molecule has 0 heterocycles. The summed E-state index contributed by atoms with van der Waals surface area (Å²) in [6.07, 6.45) is 14.1. The van der Waals surface area contributed by atoms with Gasteiger partial charge in [0, 0.05) is 6.04 Å². The first-order valence-corrected chi connectivity index (χ1v) is 6.13. The molecule has 82 valence electrons. The second-order valence-corrected chi connectivity index (χ2v) is 4.39. The summed E-state index contributed by atoms with van der Waals surface area (Å²) < 4.78 is 0. The monoisotopic (exact) mass is 197 g/mol. The summed E-state index contributed by atoms with van der Waals surface area (Å²) in [6, 6.07) is 0.450. The van der Waals surface area contributed by atoms with Crippen molar-refractivity contribution in [1.82, 2.24) is 5.32 Å². The summed E-state index contributed by atoms with van der Waals surface area (Å²) in [4.78, 5) is 10.4. The van der Waals surface area contributed by atoms with Gasteiger partial charge in [-0.2, -0.15) is 0 Å². The zero-order valence-electron chi connectivity index (χ0n) is 9.13. The van der Waals surface area contributed by atoms with E-state index < -0.39 is 0 Å². The molecule has 1 aliphatic rings. The number of amides is 1. The molecule has 0 aromatic heterocycles. The Bertz CT molecular complexity index is 135. The highest BCUT2D eigenvalue weighted by Gasteiger charge is 2.07. The summed E-state index contributed by atoms with van der Waals surface area (Å²) in [7, 11) is 0. The van der Waals surface area contributed by atoms with Crippen LogP contribution in [-0.4, -0.2) is 12.5 Å². The van der Waals surface area contributed by atoms with Gasteiger partial charge in [0.2, 0.25) is 6.41 Å². The van der Waals surface area contributed by atoms with Crippen molar-refractivity contribution in [3.63, 3.8) is 0 Å². The van der Waals surface area contributed by atoms with Gasteiger partial charge in [-0.25, -0.2) is 0 Å². The molecular weight excluding hydrogens is 174 g/mol. The van der Waals surface area contributed by atoms with E-state index in [0.29, 0.717) is 6.04 Å². The van der Waals surface area contributed by atoms with Crippen LogP contribution in [0.2, 0.25) is 0 Å². The van der Waals surface area contributed by atoms with Gasteiger partial charge < -0.3 is 5.32 Å². The average Bonchev–Trinajstić information content (AvgIpc) is 2.24. The van der Waals surface area contributed by atoms with Gasteiger partial charge in [0.25, 0.3) is 0 Å². The van der Waals surface area contributed by atoms with Crippen LogP contribution in [0.3, 0.4) is 0 Å². The maximum atomic E-state index is 10.4. The molecule has 1 saturated carbocycles. The van der Waals surface area contributed by atoms with Crippen molar-refractivity contribution in [2.24, 2.45) is 0 Å². The molecule has 1 fully saturated rings. The summed E-state index contributed by atoms with van der Waals surface area (Å²) in [5.41, 5.74) is 0. The third kappa shape index (κ3) is 5.25. The molecule has 2 nitrogen and oxygen atoms in total. The lowest BCUT2D eigenvalue weighted by Gasteiger charge is -2.14. The van der Waals surface area contributed by atoms with Crippen LogP contribution >= 0.6 is 0 Å². The minimum atomic E-state index is 0.450. The normalized spacial score (nSPS) is 22.3. The molecule has 1 N–H and O–H groups in total. The van der Waals surface area contributed by atoms with Crippen molar-refractivity contribution in [2.75, 3.05) is 0 Å². The van der Waals surface area contributed by atoms with E-state index >= 15 is 0 Å². The van der Waals surface area contributed by atoms with Crippen molar-refractivity contribution in [3.8, 4) is 0 Å². The van der Waals surface area contributed by atoms with E-state index in [4.69, 9.17) is 0 Å². The number of carbonyl (C=O) groups excluding carboxylic acids is 1. The van der Waals surface area contributed by atoms with Crippen LogP contribution in [0.4, 0.5) is 0 Å². The minimum absolute atomic E-state index is 0.450. The van der Waals surface area contributed by atoms with Crippen LogP contribution in [0, 0.1) is 0 Å². The van der Waals surface area contributed by atoms with Gasteiger partial charge in [-0.05, 0) is 12.8 Å². The molecule has 1 amide bonds. The SMILES string of the molecule is O=CNC1CCCCCCCCCC1. The van der Waals surface area contributed by atoms with Gasteiger partial charge in [0.15, 0.2) is 0 Å². The molecule has 0 spiro atoms. The minimum Gasteiger partial charge on any atom is -0.356 e. The zero-order valence-corrected chi connectivity index (χ0v) is 9.13. The van der Waals surface area contributed by atoms with Crippen molar-refractivity contribution in [2.45, 2.75) is 70.3 Å². The van der Waals surface area contributed by atoms with E-state index in [0.717, 1.165) is 6.41 Å². The molecular formula is C12H23NO. The average molecular weight is 197 g/mol. The first kappa shape index (κ1) is 11.5. The van der Waals surface area contributed by atoms with E-state index in [1.807, 2.05) is 0 Å². The molecule has 2 heteroatoms. The van der Waals surface area contributed by atoms with Crippen LogP contribution in [0.15, 0.2) is 0 Å². The highest BCUT2D eigenvalue weighted by molar-refractivity contribution is 5.46. The second kappa shape index (κ2) is 7.84. The van der Waals surface area contributed by atoms with Crippen LogP contribution in [0.5, 0.6) is 0 Å². The molecule has 0 atom stereocenters. The Kier molecular flexibility index (Phi) is 6.46. The van der Waals surface area contributed by atoms with E-state index in [9.17, 15) is 4.79 Å². The standard InChI is InChI=1S/C12H23NO/c14-11-13-12-9-7-5-3-1-2-4-6-8-10-12/h11-12H,1-10H2,(H,13,14). The second-order valence-electron chi connectivity index (χ2n) is 4.39. The van der Waals surface area contributed by atoms with Gasteiger partial charge in [0.1, 0.15) is 0 Å². The van der Waals surface area contributed by atoms with Crippen LogP contribution in [0.1, 0.15) is 64.2 Å². The van der Waals surface area contributed by atoms with Crippen molar-refractivity contribution >= 4 is 6.41 Å². The fraction of sp³-hybridized carbons (Fsp3) is 0.917. The Morgan fingerprint density at radius 3 is 1.64 bits per heavy atom. The van der Waals surface area contributed by atoms with Gasteiger partial charge >= 0.3 is 0 Å². The fourth-order valence-corrected chi connectivity index (χ4v) is 2.25. The molecule has 1 aliphatic carbocycles. The Hall–Kier alpha value is -0.530. The molecule has 0 bridgehead atoms. The number of hydrogen-bond donors (Lipinski definition) is 1. The Morgan fingerprint density at radius 1 is 0.786 bits per heavy atom. The molecule has 0 aromatic carbocycles. The highest BCUT2D eigenvalue weighted by atomic mass is 16.1. The van der Waals surface area contributed by atoms with Gasteiger partial charge in [0.05, 0.1) is 0 Å². The number of nitrogens with one attached hydrogen (secondary N) is 1. The van der Waals surface area contributed by atoms with Gasteiger partial charge in [-0.1, -0.05) is 51.4 Å². The first-order valence-electron chi connectivity index (χ1n) is 6.13. The summed E-state index contributed by atoms with van der Waals surface area (Å²) in [6.45, 7) is 0. The lowest BCUT2D eigenvalue weighted by atomic mass is 10.0. The quantitative estimate of drug-likeness (QED) is 0.677. The van der Waals surface area contributed by atoms with Crippen molar-refractivity contribution in [3.05, 3.63) is 0 Å². The number of carbonyl (C=O) groups is 1. The smallest absolute Gasteiger partial charge is 0.207 e. The van der Waals surface area contributed by atoms with Crippen LogP contribution < -0.4 is 5.32 Å². The van der Waals surface area contributed by atoms with E-state index in [1.54, 1.807) is 0 Å². The van der Waals surface area contributed by atoms with Gasteiger partial charge in [-0.3, -0.25) is 4.79 Å². The molecule has 0 aromatic rings. The molecule has 14 heavy (non-hydrogen) atoms. The molecule has 1 rings (SSSR count). The van der Waals surface area contributed by atoms with E-state index in [1.165, 1.54) is 64.2 Å². The third-order valence-corrected chi connectivity index (χ3v) is 3.16. The maximum absolute atomic E-state index is 10.4. The van der Waals surface area contributed by atoms with E-state index in [2.05, 4.69) is 5.32 Å². The lowest BCUT2D eigenvalue weighted by molar-refractivity contribution is -0.110. The Morgan fingerprint density at radius 2 is 1.21 bits per heavy atom. The maximum Gasteiger partial charge on any atom is 0.207 e. The van der Waals surface area contributed by atoms with E-state index in [-0.39, 0.29) is 0 Å². The van der Waals surface area contributed by atoms with Crippen LogP contribution in [-0.2, 0) is 4.79 Å². The molecule has 0 saturated heterocycles. The fourth-order valence-electron chi connectivity index (χ4n) is 2.25. The molecule has 0 aliphatic heterocycles. The predicted molar refractivity (Wildman–Crippen MR) is 59.2 cm³/mol. The van der Waals surface area contributed by atoms with Crippen LogP contribution in [0.25, 0.3) is 0 Å². The first-order chi connectivity index (χ1) is 6.93. The largest absolute Gasteiger partial charge is 0.356 e. The van der Waals surface area contributed by atoms with Crippen molar-refractivity contribution in [1.29, 1.82) is 0 Å². The van der Waals surface area contributed by atoms with Crippen molar-refractivity contribution < 1.29 is 4.79 Å². The summed E-state index contributed by atoms with van der Waals surface area (Å²) in [5.74, 6) is 0. The summed E-state index contributed by atoms with van der Waals surface area (Å²) in [5, 5.41) is 2.94. The topological polar surface area (TPSA) is 29.1 Å². The predicted octanol–water partition coefficient (Wildman–Crippen LogP) is 3.02. The number of rotatable bonds is 2. The van der Waals surface area contributed by atoms with Gasteiger partial charge in [-0.15, -0.1) is 0 Å². The number of hydrogen-bond acceptors (Lipinski definition) is 1. The zero-order chi connectivity index (χ0) is 10.1. The third-order valence-electron chi connectivity index (χ3n) is 3.16. The molecule has 0 unspecified atom stereocenters. The summed E-state index contributed by atoms with van der Waals surface area (Å²) >= 11 is 0. The highest BCUT2D eigenvalue weighted by Crippen LogP contribution is 2.16. The Balaban J connectivity index is 2.23.